The highest BCUT2D eigenvalue weighted by molar-refractivity contribution is 7.46. The van der Waals surface area contributed by atoms with Gasteiger partial charge in [-0.05, 0) is 0 Å². The van der Waals surface area contributed by atoms with Gasteiger partial charge in [0.2, 0.25) is 0 Å². The Bertz CT molecular complexity index is 133. The topological polar surface area (TPSA) is 102 Å². The molecule has 0 radical (unpaired) electrons. The molecule has 0 saturated heterocycles. The summed E-state index contributed by atoms with van der Waals surface area (Å²) in [6.07, 6.45) is -1.08. The normalized spacial score (nSPS) is 15.2. The van der Waals surface area contributed by atoms with E-state index in [2.05, 4.69) is 9.26 Å². The van der Waals surface area contributed by atoms with Crippen LogP contribution in [0.2, 0.25) is 0 Å². The molecule has 0 amide bonds. The Hall–Kier alpha value is 0.0300. The van der Waals surface area contributed by atoms with Crippen molar-refractivity contribution in [3.8, 4) is 0 Å². The van der Waals surface area contributed by atoms with E-state index in [9.17, 15) is 4.57 Å². The molecule has 0 saturated carbocycles. The number of ether oxygens (including phenoxy) is 1. The van der Waals surface area contributed by atoms with E-state index in [-0.39, 0.29) is 6.61 Å². The lowest BCUT2D eigenvalue weighted by molar-refractivity contribution is 0.0606. The lowest BCUT2D eigenvalue weighted by Crippen LogP contribution is -2.27. The van der Waals surface area contributed by atoms with Gasteiger partial charge in [-0.1, -0.05) is 0 Å². The second-order valence-electron chi connectivity index (χ2n) is 1.59. The Kier molecular flexibility index (Phi) is 4.04. The summed E-state index contributed by atoms with van der Waals surface area (Å²) in [5.41, 5.74) is 5.03. The Morgan fingerprint density at radius 2 is 2.20 bits per heavy atom. The van der Waals surface area contributed by atoms with E-state index in [4.69, 9.17) is 15.5 Å². The summed E-state index contributed by atoms with van der Waals surface area (Å²) < 4.78 is 18.5. The summed E-state index contributed by atoms with van der Waals surface area (Å²) in [7, 11) is -3.11. The van der Waals surface area contributed by atoms with Crippen molar-refractivity contribution in [3.63, 3.8) is 0 Å². The first-order valence-electron chi connectivity index (χ1n) is 2.44. The standard InChI is InChI=1S/C3H10NO5P/c1-8-2-3(4)9-10(5,6)7/h3H,2,4H2,1H3,(H2,5,6,7). The minimum Gasteiger partial charge on any atom is -0.381 e. The fourth-order valence-electron chi connectivity index (χ4n) is 0.371. The summed E-state index contributed by atoms with van der Waals surface area (Å²) in [6.45, 7) is -0.0505. The van der Waals surface area contributed by atoms with Crippen LogP contribution in [0, 0.1) is 0 Å². The quantitative estimate of drug-likeness (QED) is 0.371. The largest absolute Gasteiger partial charge is 0.471 e. The number of rotatable bonds is 4. The molecule has 0 aliphatic rings. The van der Waals surface area contributed by atoms with Gasteiger partial charge in [-0.3, -0.25) is 4.52 Å². The van der Waals surface area contributed by atoms with Crippen LogP contribution in [0.5, 0.6) is 0 Å². The molecule has 62 valence electrons. The average molecular weight is 171 g/mol. The number of phosphoric acid groups is 1. The molecule has 0 aliphatic heterocycles. The highest BCUT2D eigenvalue weighted by atomic mass is 31.2. The lowest BCUT2D eigenvalue weighted by atomic mass is 10.7. The molecule has 7 heteroatoms. The Balaban J connectivity index is 3.58. The van der Waals surface area contributed by atoms with Gasteiger partial charge in [0.15, 0.2) is 0 Å². The minimum absolute atomic E-state index is 0.0505. The van der Waals surface area contributed by atoms with Gasteiger partial charge in [0.1, 0.15) is 6.23 Å². The first-order chi connectivity index (χ1) is 4.45. The first-order valence-corrected chi connectivity index (χ1v) is 3.97. The minimum atomic E-state index is -4.46. The molecule has 0 heterocycles. The average Bonchev–Trinajstić information content (AvgIpc) is 1.59. The van der Waals surface area contributed by atoms with E-state index in [1.165, 1.54) is 7.11 Å². The van der Waals surface area contributed by atoms with Gasteiger partial charge in [-0.2, -0.15) is 0 Å². The zero-order chi connectivity index (χ0) is 8.20. The van der Waals surface area contributed by atoms with Gasteiger partial charge in [0.25, 0.3) is 0 Å². The van der Waals surface area contributed by atoms with Gasteiger partial charge in [-0.15, -0.1) is 0 Å². The van der Waals surface area contributed by atoms with Crippen molar-refractivity contribution in [3.05, 3.63) is 0 Å². The number of phosphoric ester groups is 1. The van der Waals surface area contributed by atoms with E-state index in [1.807, 2.05) is 0 Å². The van der Waals surface area contributed by atoms with E-state index in [0.717, 1.165) is 0 Å². The third kappa shape index (κ3) is 6.15. The van der Waals surface area contributed by atoms with Crippen LogP contribution in [0.25, 0.3) is 0 Å². The maximum atomic E-state index is 10.1. The molecule has 0 bridgehead atoms. The third-order valence-electron chi connectivity index (χ3n) is 0.604. The van der Waals surface area contributed by atoms with Gasteiger partial charge in [0.05, 0.1) is 6.61 Å². The lowest BCUT2D eigenvalue weighted by Gasteiger charge is -2.11. The highest BCUT2D eigenvalue weighted by Crippen LogP contribution is 2.36. The van der Waals surface area contributed by atoms with Crippen LogP contribution in [0.1, 0.15) is 0 Å². The van der Waals surface area contributed by atoms with Crippen molar-refractivity contribution in [2.75, 3.05) is 13.7 Å². The molecule has 0 fully saturated rings. The summed E-state index contributed by atoms with van der Waals surface area (Å²) in [5.74, 6) is 0. The van der Waals surface area contributed by atoms with Crippen LogP contribution >= 0.6 is 7.82 Å². The highest BCUT2D eigenvalue weighted by Gasteiger charge is 2.18. The van der Waals surface area contributed by atoms with Crippen LogP contribution in [-0.2, 0) is 13.8 Å². The van der Waals surface area contributed by atoms with Crippen molar-refractivity contribution in [2.24, 2.45) is 5.73 Å². The second-order valence-corrected chi connectivity index (χ2v) is 2.78. The third-order valence-corrected chi connectivity index (χ3v) is 1.15. The molecule has 10 heavy (non-hydrogen) atoms. The van der Waals surface area contributed by atoms with E-state index >= 15 is 0 Å². The predicted octanol–water partition coefficient (Wildman–Crippen LogP) is -0.973. The maximum absolute atomic E-state index is 10.1. The van der Waals surface area contributed by atoms with Gasteiger partial charge in [0, 0.05) is 7.11 Å². The summed E-state index contributed by atoms with van der Waals surface area (Å²) >= 11 is 0. The van der Waals surface area contributed by atoms with Crippen molar-refractivity contribution in [1.29, 1.82) is 0 Å². The molecular formula is C3H10NO5P. The van der Waals surface area contributed by atoms with Crippen LogP contribution in [-0.4, -0.2) is 29.7 Å². The first kappa shape index (κ1) is 10.0. The summed E-state index contributed by atoms with van der Waals surface area (Å²) in [4.78, 5) is 16.3. The fourth-order valence-corrected chi connectivity index (χ4v) is 0.785. The number of hydrogen-bond donors (Lipinski definition) is 3. The molecule has 0 spiro atoms. The van der Waals surface area contributed by atoms with Gasteiger partial charge in [-0.25, -0.2) is 4.57 Å². The molecule has 0 aromatic heterocycles. The number of hydrogen-bond acceptors (Lipinski definition) is 4. The SMILES string of the molecule is COCC(N)OP(=O)(O)O. The Morgan fingerprint density at radius 3 is 2.50 bits per heavy atom. The molecule has 0 aromatic rings. The zero-order valence-corrected chi connectivity index (χ0v) is 6.32. The summed E-state index contributed by atoms with van der Waals surface area (Å²) in [5, 5.41) is 0. The van der Waals surface area contributed by atoms with Crippen molar-refractivity contribution >= 4 is 7.82 Å². The van der Waals surface area contributed by atoms with Crippen molar-refractivity contribution in [1.82, 2.24) is 0 Å². The smallest absolute Gasteiger partial charge is 0.381 e. The number of nitrogens with two attached hydrogens (primary N) is 1. The van der Waals surface area contributed by atoms with Crippen LogP contribution in [0.15, 0.2) is 0 Å². The zero-order valence-electron chi connectivity index (χ0n) is 5.43. The Labute approximate surface area is 58.2 Å². The molecule has 0 aromatic carbocycles. The van der Waals surface area contributed by atoms with Gasteiger partial charge < -0.3 is 20.3 Å². The second kappa shape index (κ2) is 4.02. The molecular weight excluding hydrogens is 161 g/mol. The van der Waals surface area contributed by atoms with E-state index in [1.54, 1.807) is 0 Å². The van der Waals surface area contributed by atoms with Gasteiger partial charge >= 0.3 is 7.82 Å². The van der Waals surface area contributed by atoms with Crippen molar-refractivity contribution < 1.29 is 23.6 Å². The Morgan fingerprint density at radius 1 is 1.70 bits per heavy atom. The van der Waals surface area contributed by atoms with E-state index in [0.29, 0.717) is 0 Å². The monoisotopic (exact) mass is 171 g/mol. The van der Waals surface area contributed by atoms with Crippen LogP contribution in [0.3, 0.4) is 0 Å². The molecule has 4 N–H and O–H groups in total. The van der Waals surface area contributed by atoms with Crippen LogP contribution < -0.4 is 5.73 Å². The molecule has 6 nitrogen and oxygen atoms in total. The summed E-state index contributed by atoms with van der Waals surface area (Å²) in [6, 6.07) is 0. The molecule has 1 unspecified atom stereocenters. The molecule has 1 atom stereocenters. The maximum Gasteiger partial charge on any atom is 0.471 e. The van der Waals surface area contributed by atoms with Crippen molar-refractivity contribution in [2.45, 2.75) is 6.23 Å². The van der Waals surface area contributed by atoms with Crippen LogP contribution in [0.4, 0.5) is 0 Å². The number of methoxy groups -OCH3 is 1. The fraction of sp³-hybridized carbons (Fsp3) is 1.00. The molecule has 0 aliphatic carbocycles. The molecule has 0 rings (SSSR count). The predicted molar refractivity (Wildman–Crippen MR) is 33.0 cm³/mol. The van der Waals surface area contributed by atoms with E-state index < -0.39 is 14.1 Å².